The summed E-state index contributed by atoms with van der Waals surface area (Å²) < 4.78 is 0. The molecule has 0 atom stereocenters. The van der Waals surface area contributed by atoms with Gasteiger partial charge in [0.2, 0.25) is 11.5 Å². The van der Waals surface area contributed by atoms with Gasteiger partial charge in [0.05, 0.1) is 12.1 Å². The fourth-order valence-electron chi connectivity index (χ4n) is 1.67. The SMILES string of the molecule is Cc1ccccc1CC(=O)Nc1ccc(=O)[nH]c1. The number of rotatable bonds is 3. The van der Waals surface area contributed by atoms with E-state index in [-0.39, 0.29) is 11.5 Å². The maximum atomic E-state index is 11.8. The number of carbonyl (C=O) groups excluding carboxylic acids is 1. The van der Waals surface area contributed by atoms with E-state index in [1.54, 1.807) is 6.07 Å². The first-order chi connectivity index (χ1) is 8.65. The molecule has 2 rings (SSSR count). The number of aromatic nitrogens is 1. The molecule has 1 amide bonds. The van der Waals surface area contributed by atoms with Crippen molar-refractivity contribution < 1.29 is 4.79 Å². The molecule has 1 aromatic heterocycles. The highest BCUT2D eigenvalue weighted by Gasteiger charge is 2.05. The molecule has 18 heavy (non-hydrogen) atoms. The summed E-state index contributed by atoms with van der Waals surface area (Å²) in [7, 11) is 0. The lowest BCUT2D eigenvalue weighted by atomic mass is 10.1. The van der Waals surface area contributed by atoms with E-state index in [9.17, 15) is 9.59 Å². The van der Waals surface area contributed by atoms with Crippen molar-refractivity contribution in [1.82, 2.24) is 4.98 Å². The van der Waals surface area contributed by atoms with Gasteiger partial charge < -0.3 is 10.3 Å². The van der Waals surface area contributed by atoms with Gasteiger partial charge in [0.15, 0.2) is 0 Å². The number of hydrogen-bond donors (Lipinski definition) is 2. The highest BCUT2D eigenvalue weighted by Crippen LogP contribution is 2.09. The quantitative estimate of drug-likeness (QED) is 0.863. The van der Waals surface area contributed by atoms with Crippen molar-refractivity contribution in [2.24, 2.45) is 0 Å². The molecule has 0 saturated carbocycles. The fraction of sp³-hybridized carbons (Fsp3) is 0.143. The molecule has 0 fully saturated rings. The number of aromatic amines is 1. The molecule has 0 unspecified atom stereocenters. The van der Waals surface area contributed by atoms with E-state index in [1.807, 2.05) is 31.2 Å². The third-order valence-electron chi connectivity index (χ3n) is 2.68. The van der Waals surface area contributed by atoms with Crippen molar-refractivity contribution in [1.29, 1.82) is 0 Å². The number of H-pyrrole nitrogens is 1. The zero-order valence-corrected chi connectivity index (χ0v) is 10.1. The molecule has 1 heterocycles. The second-order valence-electron chi connectivity index (χ2n) is 4.09. The summed E-state index contributed by atoms with van der Waals surface area (Å²) in [6.45, 7) is 1.97. The van der Waals surface area contributed by atoms with Crippen molar-refractivity contribution in [3.63, 3.8) is 0 Å². The maximum absolute atomic E-state index is 11.8. The average molecular weight is 242 g/mol. The monoisotopic (exact) mass is 242 g/mol. The van der Waals surface area contributed by atoms with E-state index < -0.39 is 0 Å². The second kappa shape index (κ2) is 5.31. The normalized spacial score (nSPS) is 10.1. The predicted octanol–water partition coefficient (Wildman–Crippen LogP) is 1.86. The van der Waals surface area contributed by atoms with Gasteiger partial charge in [-0.2, -0.15) is 0 Å². The van der Waals surface area contributed by atoms with Crippen LogP contribution < -0.4 is 10.9 Å². The van der Waals surface area contributed by atoms with Crippen LogP contribution in [0.4, 0.5) is 5.69 Å². The highest BCUT2D eigenvalue weighted by atomic mass is 16.1. The third kappa shape index (κ3) is 3.07. The fourth-order valence-corrected chi connectivity index (χ4v) is 1.67. The molecule has 0 aliphatic heterocycles. The number of benzene rings is 1. The maximum Gasteiger partial charge on any atom is 0.248 e. The number of anilines is 1. The van der Waals surface area contributed by atoms with Crippen molar-refractivity contribution in [2.45, 2.75) is 13.3 Å². The minimum Gasteiger partial charge on any atom is -0.327 e. The first kappa shape index (κ1) is 12.1. The Morgan fingerprint density at radius 1 is 1.22 bits per heavy atom. The number of nitrogens with one attached hydrogen (secondary N) is 2. The number of carbonyl (C=O) groups is 1. The van der Waals surface area contributed by atoms with Crippen LogP contribution in [-0.2, 0) is 11.2 Å². The van der Waals surface area contributed by atoms with E-state index in [1.165, 1.54) is 12.3 Å². The Morgan fingerprint density at radius 3 is 2.67 bits per heavy atom. The zero-order chi connectivity index (χ0) is 13.0. The van der Waals surface area contributed by atoms with E-state index in [2.05, 4.69) is 10.3 Å². The van der Waals surface area contributed by atoms with Crippen LogP contribution in [0.1, 0.15) is 11.1 Å². The molecule has 2 aromatic rings. The third-order valence-corrected chi connectivity index (χ3v) is 2.68. The van der Waals surface area contributed by atoms with Gasteiger partial charge in [0, 0.05) is 12.3 Å². The van der Waals surface area contributed by atoms with Crippen LogP contribution >= 0.6 is 0 Å². The summed E-state index contributed by atoms with van der Waals surface area (Å²) in [5.41, 5.74) is 2.49. The largest absolute Gasteiger partial charge is 0.327 e. The Hall–Kier alpha value is -2.36. The zero-order valence-electron chi connectivity index (χ0n) is 10.1. The van der Waals surface area contributed by atoms with Gasteiger partial charge in [-0.3, -0.25) is 9.59 Å². The van der Waals surface area contributed by atoms with Gasteiger partial charge in [0.25, 0.3) is 0 Å². The summed E-state index contributed by atoms with van der Waals surface area (Å²) >= 11 is 0. The molecule has 1 aromatic carbocycles. The lowest BCUT2D eigenvalue weighted by Crippen LogP contribution is -2.16. The Morgan fingerprint density at radius 2 is 2.00 bits per heavy atom. The van der Waals surface area contributed by atoms with Crippen LogP contribution in [0.3, 0.4) is 0 Å². The molecule has 0 spiro atoms. The molecule has 2 N–H and O–H groups in total. The standard InChI is InChI=1S/C14H14N2O2/c1-10-4-2-3-5-11(10)8-14(18)16-12-6-7-13(17)15-9-12/h2-7,9H,8H2,1H3,(H,15,17)(H,16,18). The summed E-state index contributed by atoms with van der Waals surface area (Å²) in [6.07, 6.45) is 1.81. The Bertz CT molecular complexity index is 597. The minimum absolute atomic E-state index is 0.101. The second-order valence-corrected chi connectivity index (χ2v) is 4.09. The molecule has 92 valence electrons. The van der Waals surface area contributed by atoms with Gasteiger partial charge in [-0.25, -0.2) is 0 Å². The Balaban J connectivity index is 2.03. The van der Waals surface area contributed by atoms with Gasteiger partial charge in [-0.05, 0) is 24.1 Å². The van der Waals surface area contributed by atoms with Crippen LogP contribution in [0.2, 0.25) is 0 Å². The molecule has 4 nitrogen and oxygen atoms in total. The lowest BCUT2D eigenvalue weighted by Gasteiger charge is -2.06. The van der Waals surface area contributed by atoms with Gasteiger partial charge in [-0.1, -0.05) is 24.3 Å². The number of aryl methyl sites for hydroxylation is 1. The van der Waals surface area contributed by atoms with Crippen LogP contribution in [0.15, 0.2) is 47.4 Å². The summed E-state index contributed by atoms with van der Waals surface area (Å²) in [5, 5.41) is 2.74. The summed E-state index contributed by atoms with van der Waals surface area (Å²) in [6, 6.07) is 10.7. The smallest absolute Gasteiger partial charge is 0.248 e. The minimum atomic E-state index is -0.188. The van der Waals surface area contributed by atoms with Crippen LogP contribution in [0.25, 0.3) is 0 Å². The molecule has 0 saturated heterocycles. The van der Waals surface area contributed by atoms with Crippen molar-refractivity contribution in [2.75, 3.05) is 5.32 Å². The first-order valence-electron chi connectivity index (χ1n) is 5.68. The molecule has 0 aliphatic carbocycles. The highest BCUT2D eigenvalue weighted by molar-refractivity contribution is 5.92. The summed E-state index contributed by atoms with van der Waals surface area (Å²) in [4.78, 5) is 25.2. The Kier molecular flexibility index (Phi) is 3.57. The molecule has 0 aliphatic rings. The molecule has 4 heteroatoms. The van der Waals surface area contributed by atoms with Gasteiger partial charge in [-0.15, -0.1) is 0 Å². The van der Waals surface area contributed by atoms with Crippen LogP contribution in [0.5, 0.6) is 0 Å². The van der Waals surface area contributed by atoms with Gasteiger partial charge >= 0.3 is 0 Å². The van der Waals surface area contributed by atoms with Gasteiger partial charge in [0.1, 0.15) is 0 Å². The number of pyridine rings is 1. The number of amides is 1. The Labute approximate surface area is 105 Å². The first-order valence-corrected chi connectivity index (χ1v) is 5.68. The van der Waals surface area contributed by atoms with E-state index in [0.29, 0.717) is 12.1 Å². The van der Waals surface area contributed by atoms with Crippen molar-refractivity contribution in [3.05, 3.63) is 64.1 Å². The van der Waals surface area contributed by atoms with Crippen molar-refractivity contribution in [3.8, 4) is 0 Å². The topological polar surface area (TPSA) is 62.0 Å². The summed E-state index contributed by atoms with van der Waals surface area (Å²) in [5.74, 6) is -0.101. The predicted molar refractivity (Wildman–Crippen MR) is 70.6 cm³/mol. The van der Waals surface area contributed by atoms with Crippen LogP contribution in [0, 0.1) is 6.92 Å². The molecular weight excluding hydrogens is 228 g/mol. The van der Waals surface area contributed by atoms with E-state index in [0.717, 1.165) is 11.1 Å². The van der Waals surface area contributed by atoms with E-state index >= 15 is 0 Å². The molecule has 0 radical (unpaired) electrons. The van der Waals surface area contributed by atoms with Crippen LogP contribution in [-0.4, -0.2) is 10.9 Å². The molecular formula is C14H14N2O2. The van der Waals surface area contributed by atoms with Crippen molar-refractivity contribution >= 4 is 11.6 Å². The number of hydrogen-bond acceptors (Lipinski definition) is 2. The lowest BCUT2D eigenvalue weighted by molar-refractivity contribution is -0.115. The van der Waals surface area contributed by atoms with E-state index in [4.69, 9.17) is 0 Å². The average Bonchev–Trinajstić information content (AvgIpc) is 2.35. The molecule has 0 bridgehead atoms.